The first-order valence-corrected chi connectivity index (χ1v) is 11.5. The molecule has 1 aliphatic heterocycles. The summed E-state index contributed by atoms with van der Waals surface area (Å²) >= 11 is 0. The zero-order chi connectivity index (χ0) is 21.8. The van der Waals surface area contributed by atoms with Crippen molar-refractivity contribution in [3.05, 3.63) is 65.4 Å². The van der Waals surface area contributed by atoms with E-state index in [2.05, 4.69) is 60.3 Å². The largest absolute Gasteiger partial charge is 0.497 e. The van der Waals surface area contributed by atoms with E-state index in [1.54, 1.807) is 12.0 Å². The number of likely N-dealkylation sites (N-methyl/N-ethyl adjacent to an activating group) is 1. The van der Waals surface area contributed by atoms with Crippen molar-refractivity contribution in [1.29, 1.82) is 0 Å². The third kappa shape index (κ3) is 4.47. The number of benzene rings is 2. The molecule has 0 unspecified atom stereocenters. The molecule has 1 atom stereocenters. The summed E-state index contributed by atoms with van der Waals surface area (Å²) in [6.45, 7) is 9.30. The number of carbonyl (C=O) groups is 1. The molecule has 1 fully saturated rings. The first-order valence-electron chi connectivity index (χ1n) is 11.5. The molecule has 0 radical (unpaired) electrons. The molecule has 4 rings (SSSR count). The van der Waals surface area contributed by atoms with Gasteiger partial charge in [0.1, 0.15) is 5.75 Å². The SMILES string of the molecule is CCc1cccc2c([C@@H](CC(=O)N3CC[NH+](CC)CC3)c3cccc(OC)c3)c[nH]c12. The van der Waals surface area contributed by atoms with Crippen LogP contribution in [-0.2, 0) is 11.2 Å². The molecule has 3 aromatic rings. The Bertz CT molecular complexity index is 1030. The molecule has 5 nitrogen and oxygen atoms in total. The first-order chi connectivity index (χ1) is 15.1. The molecule has 0 saturated carbocycles. The number of fused-ring (bicyclic) bond motifs is 1. The highest BCUT2D eigenvalue weighted by molar-refractivity contribution is 5.88. The van der Waals surface area contributed by atoms with Crippen LogP contribution in [0.25, 0.3) is 10.9 Å². The highest BCUT2D eigenvalue weighted by atomic mass is 16.5. The molecule has 1 saturated heterocycles. The van der Waals surface area contributed by atoms with E-state index < -0.39 is 0 Å². The van der Waals surface area contributed by atoms with Gasteiger partial charge in [0, 0.05) is 29.4 Å². The lowest BCUT2D eigenvalue weighted by Crippen LogP contribution is -3.14. The molecule has 0 bridgehead atoms. The van der Waals surface area contributed by atoms with E-state index in [1.165, 1.54) is 22.0 Å². The van der Waals surface area contributed by atoms with Gasteiger partial charge in [-0.05, 0) is 42.2 Å². The van der Waals surface area contributed by atoms with Crippen molar-refractivity contribution in [2.75, 3.05) is 39.8 Å². The number of quaternary nitrogens is 1. The van der Waals surface area contributed by atoms with Crippen LogP contribution in [0.2, 0.25) is 0 Å². The fourth-order valence-corrected chi connectivity index (χ4v) is 4.82. The summed E-state index contributed by atoms with van der Waals surface area (Å²) in [6.07, 6.45) is 3.54. The van der Waals surface area contributed by atoms with Crippen molar-refractivity contribution < 1.29 is 14.4 Å². The average molecular weight is 421 g/mol. The minimum atomic E-state index is -0.0139. The third-order valence-corrected chi connectivity index (χ3v) is 6.79. The average Bonchev–Trinajstić information content (AvgIpc) is 3.26. The maximum Gasteiger partial charge on any atom is 0.223 e. The van der Waals surface area contributed by atoms with E-state index in [9.17, 15) is 4.79 Å². The van der Waals surface area contributed by atoms with Crippen LogP contribution in [0.4, 0.5) is 0 Å². The maximum atomic E-state index is 13.4. The molecule has 2 aromatic carbocycles. The van der Waals surface area contributed by atoms with Gasteiger partial charge in [0.2, 0.25) is 5.91 Å². The fourth-order valence-electron chi connectivity index (χ4n) is 4.82. The van der Waals surface area contributed by atoms with Crippen LogP contribution in [0, 0.1) is 0 Å². The smallest absolute Gasteiger partial charge is 0.223 e. The van der Waals surface area contributed by atoms with E-state index >= 15 is 0 Å². The molecule has 1 amide bonds. The van der Waals surface area contributed by atoms with E-state index in [0.717, 1.165) is 50.5 Å². The van der Waals surface area contributed by atoms with Crippen molar-refractivity contribution in [1.82, 2.24) is 9.88 Å². The van der Waals surface area contributed by atoms with Crippen LogP contribution in [0.3, 0.4) is 0 Å². The molecule has 0 spiro atoms. The second kappa shape index (κ2) is 9.56. The Balaban J connectivity index is 1.68. The summed E-state index contributed by atoms with van der Waals surface area (Å²) in [5, 5.41) is 1.21. The van der Waals surface area contributed by atoms with Gasteiger partial charge in [0.05, 0.1) is 39.8 Å². The number of aryl methyl sites for hydroxylation is 1. The predicted molar refractivity (Wildman–Crippen MR) is 125 cm³/mol. The quantitative estimate of drug-likeness (QED) is 0.617. The first kappa shape index (κ1) is 21.4. The molecule has 0 aliphatic carbocycles. The number of amides is 1. The Morgan fingerprint density at radius 2 is 1.94 bits per heavy atom. The molecule has 164 valence electrons. The third-order valence-electron chi connectivity index (χ3n) is 6.79. The second-order valence-corrected chi connectivity index (χ2v) is 8.45. The maximum absolute atomic E-state index is 13.4. The Morgan fingerprint density at radius 1 is 1.16 bits per heavy atom. The number of ether oxygens (including phenoxy) is 1. The normalized spacial score (nSPS) is 15.9. The predicted octanol–water partition coefficient (Wildman–Crippen LogP) is 3.01. The number of aromatic nitrogens is 1. The minimum absolute atomic E-state index is 0.0139. The number of hydrogen-bond acceptors (Lipinski definition) is 2. The van der Waals surface area contributed by atoms with Gasteiger partial charge < -0.3 is 19.5 Å². The van der Waals surface area contributed by atoms with Gasteiger partial charge in [-0.3, -0.25) is 4.79 Å². The number of methoxy groups -OCH3 is 1. The van der Waals surface area contributed by atoms with Gasteiger partial charge >= 0.3 is 0 Å². The molecular weight excluding hydrogens is 386 g/mol. The van der Waals surface area contributed by atoms with Gasteiger partial charge in [0.25, 0.3) is 0 Å². The van der Waals surface area contributed by atoms with Crippen molar-refractivity contribution in [3.8, 4) is 5.75 Å². The summed E-state index contributed by atoms with van der Waals surface area (Å²) in [5.74, 6) is 1.05. The van der Waals surface area contributed by atoms with Crippen molar-refractivity contribution in [2.45, 2.75) is 32.6 Å². The number of hydrogen-bond donors (Lipinski definition) is 2. The van der Waals surface area contributed by atoms with Crippen LogP contribution in [0.15, 0.2) is 48.7 Å². The minimum Gasteiger partial charge on any atom is -0.497 e. The van der Waals surface area contributed by atoms with Gasteiger partial charge in [-0.15, -0.1) is 0 Å². The van der Waals surface area contributed by atoms with Gasteiger partial charge in [-0.25, -0.2) is 0 Å². The number of nitrogens with one attached hydrogen (secondary N) is 2. The number of nitrogens with zero attached hydrogens (tertiary/aromatic N) is 1. The Kier molecular flexibility index (Phi) is 6.62. The number of para-hydroxylation sites is 1. The van der Waals surface area contributed by atoms with E-state index in [1.807, 2.05) is 12.1 Å². The second-order valence-electron chi connectivity index (χ2n) is 8.45. The van der Waals surface area contributed by atoms with E-state index in [4.69, 9.17) is 4.74 Å². The number of rotatable bonds is 7. The zero-order valence-corrected chi connectivity index (χ0v) is 18.9. The number of carbonyl (C=O) groups excluding carboxylic acids is 1. The van der Waals surface area contributed by atoms with Gasteiger partial charge in [-0.1, -0.05) is 37.3 Å². The van der Waals surface area contributed by atoms with Crippen LogP contribution in [0.5, 0.6) is 5.75 Å². The molecule has 31 heavy (non-hydrogen) atoms. The highest BCUT2D eigenvalue weighted by Crippen LogP contribution is 2.36. The zero-order valence-electron chi connectivity index (χ0n) is 18.9. The molecule has 2 heterocycles. The summed E-state index contributed by atoms with van der Waals surface area (Å²) in [5.41, 5.74) is 4.79. The standard InChI is InChI=1S/C26H33N3O2/c1-4-19-8-7-11-22-24(18-27-26(19)22)23(20-9-6-10-21(16-20)31-3)17-25(30)29-14-12-28(5-2)13-15-29/h6-11,16,18,23,27H,4-5,12-15,17H2,1-3H3/p+1/t23-/m0/s1. The van der Waals surface area contributed by atoms with Crippen molar-refractivity contribution in [3.63, 3.8) is 0 Å². The van der Waals surface area contributed by atoms with Crippen LogP contribution >= 0.6 is 0 Å². The topological polar surface area (TPSA) is 49.8 Å². The van der Waals surface area contributed by atoms with E-state index in [-0.39, 0.29) is 11.8 Å². The molecule has 1 aliphatic rings. The van der Waals surface area contributed by atoms with Gasteiger partial charge in [-0.2, -0.15) is 0 Å². The summed E-state index contributed by atoms with van der Waals surface area (Å²) < 4.78 is 5.49. The van der Waals surface area contributed by atoms with Crippen LogP contribution in [-0.4, -0.2) is 55.6 Å². The van der Waals surface area contributed by atoms with Crippen molar-refractivity contribution in [2.24, 2.45) is 0 Å². The van der Waals surface area contributed by atoms with Crippen LogP contribution < -0.4 is 9.64 Å². The fraction of sp³-hybridized carbons (Fsp3) is 0.423. The summed E-state index contributed by atoms with van der Waals surface area (Å²) in [7, 11) is 1.69. The molecule has 1 aromatic heterocycles. The monoisotopic (exact) mass is 420 g/mol. The number of aromatic amines is 1. The Hall–Kier alpha value is -2.79. The number of piperazine rings is 1. The lowest BCUT2D eigenvalue weighted by Gasteiger charge is -2.32. The lowest BCUT2D eigenvalue weighted by molar-refractivity contribution is -0.902. The summed E-state index contributed by atoms with van der Waals surface area (Å²) in [6, 6.07) is 14.6. The Morgan fingerprint density at radius 3 is 2.65 bits per heavy atom. The van der Waals surface area contributed by atoms with E-state index in [0.29, 0.717) is 6.42 Å². The molecular formula is C26H34N3O2+. The molecule has 2 N–H and O–H groups in total. The van der Waals surface area contributed by atoms with Gasteiger partial charge in [0.15, 0.2) is 0 Å². The molecule has 5 heteroatoms. The Labute approximate surface area is 185 Å². The van der Waals surface area contributed by atoms with Crippen LogP contribution in [0.1, 0.15) is 42.9 Å². The highest BCUT2D eigenvalue weighted by Gasteiger charge is 2.28. The lowest BCUT2D eigenvalue weighted by atomic mass is 9.87. The number of H-pyrrole nitrogens is 1. The summed E-state index contributed by atoms with van der Waals surface area (Å²) in [4.78, 5) is 20.5. The van der Waals surface area contributed by atoms with Crippen molar-refractivity contribution >= 4 is 16.8 Å².